The Labute approximate surface area is 266 Å². The molecule has 2 N–H and O–H groups in total. The summed E-state index contributed by atoms with van der Waals surface area (Å²) in [5, 5.41) is 16.3. The SMILES string of the molecule is CCCCCCCCCCCOC(=O)c1ccccc1C(=O)OCCCCCCCCCCC.O=C(O)CCCCC(=O)O. The van der Waals surface area contributed by atoms with E-state index >= 15 is 0 Å². The van der Waals surface area contributed by atoms with Crippen LogP contribution in [0.5, 0.6) is 0 Å². The van der Waals surface area contributed by atoms with Crippen molar-refractivity contribution in [1.82, 2.24) is 0 Å². The molecule has 0 atom stereocenters. The van der Waals surface area contributed by atoms with Gasteiger partial charge in [-0.2, -0.15) is 0 Å². The molecule has 0 saturated heterocycles. The van der Waals surface area contributed by atoms with Gasteiger partial charge in [0.1, 0.15) is 0 Å². The van der Waals surface area contributed by atoms with Gasteiger partial charge in [0.05, 0.1) is 24.3 Å². The highest BCUT2D eigenvalue weighted by atomic mass is 16.5. The maximum Gasteiger partial charge on any atom is 0.339 e. The Morgan fingerprint density at radius 1 is 0.477 bits per heavy atom. The summed E-state index contributed by atoms with van der Waals surface area (Å²) < 4.78 is 10.9. The van der Waals surface area contributed by atoms with Gasteiger partial charge in [0.2, 0.25) is 0 Å². The number of carbonyl (C=O) groups excluding carboxylic acids is 2. The summed E-state index contributed by atoms with van der Waals surface area (Å²) in [5.41, 5.74) is 0.603. The van der Waals surface area contributed by atoms with Gasteiger partial charge in [0, 0.05) is 12.8 Å². The second-order valence-electron chi connectivity index (χ2n) is 11.5. The predicted molar refractivity (Wildman–Crippen MR) is 175 cm³/mol. The molecule has 0 bridgehead atoms. The summed E-state index contributed by atoms with van der Waals surface area (Å²) in [5.74, 6) is -2.61. The summed E-state index contributed by atoms with van der Waals surface area (Å²) >= 11 is 0. The number of rotatable bonds is 27. The van der Waals surface area contributed by atoms with Gasteiger partial charge in [0.25, 0.3) is 0 Å². The average Bonchev–Trinajstić information content (AvgIpc) is 3.01. The zero-order chi connectivity index (χ0) is 32.7. The molecule has 0 fully saturated rings. The third kappa shape index (κ3) is 25.6. The van der Waals surface area contributed by atoms with Gasteiger partial charge in [-0.3, -0.25) is 9.59 Å². The largest absolute Gasteiger partial charge is 0.481 e. The maximum absolute atomic E-state index is 12.5. The molecule has 0 aromatic heterocycles. The molecular formula is C36H60O8. The molecule has 1 aromatic rings. The molecule has 8 nitrogen and oxygen atoms in total. The van der Waals surface area contributed by atoms with E-state index in [9.17, 15) is 19.2 Å². The van der Waals surface area contributed by atoms with Crippen LogP contribution in [0.25, 0.3) is 0 Å². The van der Waals surface area contributed by atoms with Crippen molar-refractivity contribution in [3.8, 4) is 0 Å². The van der Waals surface area contributed by atoms with Crippen LogP contribution in [-0.4, -0.2) is 47.3 Å². The Kier molecular flexibility index (Phi) is 28.2. The predicted octanol–water partition coefficient (Wildman–Crippen LogP) is 9.78. The van der Waals surface area contributed by atoms with Gasteiger partial charge >= 0.3 is 23.9 Å². The van der Waals surface area contributed by atoms with Crippen LogP contribution >= 0.6 is 0 Å². The number of unbranched alkanes of at least 4 members (excludes halogenated alkanes) is 17. The highest BCUT2D eigenvalue weighted by molar-refractivity contribution is 6.03. The van der Waals surface area contributed by atoms with Crippen LogP contribution in [0.3, 0.4) is 0 Å². The molecule has 0 saturated carbocycles. The molecule has 1 rings (SSSR count). The number of benzene rings is 1. The van der Waals surface area contributed by atoms with Crippen molar-refractivity contribution in [2.75, 3.05) is 13.2 Å². The minimum absolute atomic E-state index is 0.0628. The van der Waals surface area contributed by atoms with E-state index in [2.05, 4.69) is 13.8 Å². The highest BCUT2D eigenvalue weighted by Crippen LogP contribution is 2.15. The van der Waals surface area contributed by atoms with Gasteiger partial charge in [0.15, 0.2) is 0 Å². The van der Waals surface area contributed by atoms with Crippen LogP contribution in [0.2, 0.25) is 0 Å². The van der Waals surface area contributed by atoms with E-state index in [1.165, 1.54) is 89.9 Å². The van der Waals surface area contributed by atoms with E-state index < -0.39 is 23.9 Å². The molecule has 0 spiro atoms. The van der Waals surface area contributed by atoms with Crippen molar-refractivity contribution in [3.63, 3.8) is 0 Å². The lowest BCUT2D eigenvalue weighted by atomic mass is 10.1. The number of carboxylic acid groups (broad SMARTS) is 2. The van der Waals surface area contributed by atoms with Crippen LogP contribution in [0.4, 0.5) is 0 Å². The van der Waals surface area contributed by atoms with Crippen LogP contribution < -0.4 is 0 Å². The smallest absolute Gasteiger partial charge is 0.339 e. The van der Waals surface area contributed by atoms with Gasteiger partial charge in [-0.1, -0.05) is 129 Å². The third-order valence-electron chi connectivity index (χ3n) is 7.36. The molecule has 0 aliphatic heterocycles. The molecule has 0 aliphatic rings. The first-order valence-electron chi connectivity index (χ1n) is 17.2. The first kappa shape index (κ1) is 41.1. The zero-order valence-electron chi connectivity index (χ0n) is 27.6. The van der Waals surface area contributed by atoms with Crippen molar-refractivity contribution >= 4 is 23.9 Å². The van der Waals surface area contributed by atoms with E-state index in [0.29, 0.717) is 37.2 Å². The second kappa shape index (κ2) is 30.1. The molecule has 8 heteroatoms. The Bertz CT molecular complexity index is 812. The molecule has 0 aliphatic carbocycles. The van der Waals surface area contributed by atoms with E-state index in [1.807, 2.05) is 0 Å². The normalized spacial score (nSPS) is 10.5. The number of ether oxygens (including phenoxy) is 2. The number of carbonyl (C=O) groups is 4. The van der Waals surface area contributed by atoms with E-state index in [4.69, 9.17) is 19.7 Å². The van der Waals surface area contributed by atoms with Crippen molar-refractivity contribution < 1.29 is 38.9 Å². The number of carboxylic acids is 2. The number of esters is 2. The molecular weight excluding hydrogens is 560 g/mol. The van der Waals surface area contributed by atoms with E-state index in [-0.39, 0.29) is 12.8 Å². The molecule has 0 heterocycles. The molecule has 0 amide bonds. The molecule has 0 unspecified atom stereocenters. The van der Waals surface area contributed by atoms with Crippen molar-refractivity contribution in [1.29, 1.82) is 0 Å². The Morgan fingerprint density at radius 3 is 1.07 bits per heavy atom. The lowest BCUT2D eigenvalue weighted by molar-refractivity contribution is -0.139. The maximum atomic E-state index is 12.5. The second-order valence-corrected chi connectivity index (χ2v) is 11.5. The van der Waals surface area contributed by atoms with Crippen LogP contribution in [0, 0.1) is 0 Å². The minimum Gasteiger partial charge on any atom is -0.481 e. The molecule has 1 aromatic carbocycles. The monoisotopic (exact) mass is 620 g/mol. The van der Waals surface area contributed by atoms with Crippen LogP contribution in [-0.2, 0) is 19.1 Å². The quantitative estimate of drug-likeness (QED) is 0.0735. The number of hydrogen-bond donors (Lipinski definition) is 2. The first-order valence-corrected chi connectivity index (χ1v) is 17.2. The van der Waals surface area contributed by atoms with Gasteiger partial charge < -0.3 is 19.7 Å². The Morgan fingerprint density at radius 2 is 0.773 bits per heavy atom. The Hall–Kier alpha value is -2.90. The van der Waals surface area contributed by atoms with Gasteiger partial charge in [-0.15, -0.1) is 0 Å². The first-order chi connectivity index (χ1) is 21.3. The lowest BCUT2D eigenvalue weighted by Gasteiger charge is -2.10. The van der Waals surface area contributed by atoms with Crippen molar-refractivity contribution in [3.05, 3.63) is 35.4 Å². The summed E-state index contributed by atoms with van der Waals surface area (Å²) in [6.07, 6.45) is 23.0. The summed E-state index contributed by atoms with van der Waals surface area (Å²) in [7, 11) is 0. The van der Waals surface area contributed by atoms with Crippen molar-refractivity contribution in [2.45, 2.75) is 155 Å². The topological polar surface area (TPSA) is 127 Å². The molecule has 252 valence electrons. The fraction of sp³-hybridized carbons (Fsp3) is 0.722. The van der Waals surface area contributed by atoms with Crippen molar-refractivity contribution in [2.24, 2.45) is 0 Å². The van der Waals surface area contributed by atoms with Gasteiger partial charge in [-0.05, 0) is 37.8 Å². The van der Waals surface area contributed by atoms with E-state index in [1.54, 1.807) is 24.3 Å². The fourth-order valence-electron chi connectivity index (χ4n) is 4.70. The number of aliphatic carboxylic acids is 2. The van der Waals surface area contributed by atoms with E-state index in [0.717, 1.165) is 25.7 Å². The van der Waals surface area contributed by atoms with Crippen LogP contribution in [0.1, 0.15) is 176 Å². The average molecular weight is 621 g/mol. The standard InChI is InChI=1S/C30H50O4.C6H10O4/c1-3-5-7-9-11-13-15-17-21-25-33-29(31)27-23-19-20-24-28(27)30(32)34-26-22-18-16-14-12-10-8-6-4-2;7-5(8)3-1-2-4-6(9)10/h19-20,23-24H,3-18,21-22,25-26H2,1-2H3;1-4H2,(H,7,8)(H,9,10). The summed E-state index contributed by atoms with van der Waals surface area (Å²) in [4.78, 5) is 44.8. The highest BCUT2D eigenvalue weighted by Gasteiger charge is 2.18. The summed E-state index contributed by atoms with van der Waals surface area (Å²) in [6, 6.07) is 6.81. The third-order valence-corrected chi connectivity index (χ3v) is 7.36. The zero-order valence-corrected chi connectivity index (χ0v) is 27.6. The van der Waals surface area contributed by atoms with Crippen LogP contribution in [0.15, 0.2) is 24.3 Å². The molecule has 44 heavy (non-hydrogen) atoms. The Balaban J connectivity index is 0.00000158. The van der Waals surface area contributed by atoms with Gasteiger partial charge in [-0.25, -0.2) is 9.59 Å². The fourth-order valence-corrected chi connectivity index (χ4v) is 4.70. The summed E-state index contributed by atoms with van der Waals surface area (Å²) in [6.45, 7) is 5.27. The molecule has 0 radical (unpaired) electrons. The minimum atomic E-state index is -0.870. The number of hydrogen-bond acceptors (Lipinski definition) is 6. The lowest BCUT2D eigenvalue weighted by Crippen LogP contribution is -2.15.